The number of ether oxygens (including phenoxy) is 1. The van der Waals surface area contributed by atoms with Crippen LogP contribution in [0.15, 0.2) is 0 Å². The van der Waals surface area contributed by atoms with Crippen LogP contribution in [0.3, 0.4) is 0 Å². The van der Waals surface area contributed by atoms with Crippen LogP contribution in [0.2, 0.25) is 0 Å². The summed E-state index contributed by atoms with van der Waals surface area (Å²) in [6, 6.07) is 0. The van der Waals surface area contributed by atoms with Crippen molar-refractivity contribution >= 4 is 11.8 Å². The molecule has 3 atom stereocenters. The van der Waals surface area contributed by atoms with Gasteiger partial charge in [0.1, 0.15) is 5.78 Å². The molecular formula is C9H14O4. The van der Waals surface area contributed by atoms with E-state index in [1.54, 1.807) is 0 Å². The average Bonchev–Trinajstić information content (AvgIpc) is 2.45. The zero-order valence-corrected chi connectivity index (χ0v) is 7.82. The van der Waals surface area contributed by atoms with Crippen molar-refractivity contribution in [3.05, 3.63) is 0 Å². The lowest BCUT2D eigenvalue weighted by Gasteiger charge is -2.13. The van der Waals surface area contributed by atoms with Gasteiger partial charge in [-0.1, -0.05) is 6.92 Å². The quantitative estimate of drug-likeness (QED) is 0.623. The molecular weight excluding hydrogens is 172 g/mol. The topological polar surface area (TPSA) is 63.6 Å². The number of Topliss-reactive ketones (excluding diaryl/α,β-unsaturated/α-hetero) is 1. The van der Waals surface area contributed by atoms with Gasteiger partial charge >= 0.3 is 5.97 Å². The van der Waals surface area contributed by atoms with Crippen LogP contribution in [-0.4, -0.2) is 30.1 Å². The Morgan fingerprint density at radius 2 is 2.23 bits per heavy atom. The molecule has 0 radical (unpaired) electrons. The highest BCUT2D eigenvalue weighted by atomic mass is 16.5. The molecule has 0 aromatic heterocycles. The maximum atomic E-state index is 11.4. The first kappa shape index (κ1) is 10.2. The standard InChI is InChI=1S/C9H14O4/c1-5-3-4-6(7(5)10)8(11)9(12)13-2/h5-6,8,11H,3-4H2,1-2H3. The molecule has 0 saturated heterocycles. The van der Waals surface area contributed by atoms with Gasteiger partial charge < -0.3 is 9.84 Å². The molecule has 0 spiro atoms. The lowest BCUT2D eigenvalue weighted by atomic mass is 9.98. The number of carbonyl (C=O) groups excluding carboxylic acids is 2. The van der Waals surface area contributed by atoms with Crippen molar-refractivity contribution in [3.8, 4) is 0 Å². The van der Waals surface area contributed by atoms with Gasteiger partial charge in [-0.15, -0.1) is 0 Å². The monoisotopic (exact) mass is 186 g/mol. The molecule has 0 aromatic carbocycles. The van der Waals surface area contributed by atoms with Crippen molar-refractivity contribution in [1.82, 2.24) is 0 Å². The van der Waals surface area contributed by atoms with Gasteiger partial charge in [-0.25, -0.2) is 4.79 Å². The molecule has 1 N–H and O–H groups in total. The Kier molecular flexibility index (Phi) is 3.03. The summed E-state index contributed by atoms with van der Waals surface area (Å²) in [7, 11) is 1.20. The normalized spacial score (nSPS) is 30.2. The molecule has 1 aliphatic rings. The van der Waals surface area contributed by atoms with Crippen LogP contribution < -0.4 is 0 Å². The Labute approximate surface area is 76.9 Å². The lowest BCUT2D eigenvalue weighted by Crippen LogP contribution is -2.33. The minimum absolute atomic E-state index is 0.0297. The minimum Gasteiger partial charge on any atom is -0.467 e. The lowest BCUT2D eigenvalue weighted by molar-refractivity contribution is -0.155. The summed E-state index contributed by atoms with van der Waals surface area (Å²) < 4.78 is 4.37. The second-order valence-electron chi connectivity index (χ2n) is 3.46. The fourth-order valence-electron chi connectivity index (χ4n) is 1.68. The zero-order valence-electron chi connectivity index (χ0n) is 7.82. The van der Waals surface area contributed by atoms with Crippen LogP contribution in [0.1, 0.15) is 19.8 Å². The van der Waals surface area contributed by atoms with Crippen molar-refractivity contribution in [3.63, 3.8) is 0 Å². The number of carbonyl (C=O) groups is 2. The number of hydrogen-bond donors (Lipinski definition) is 1. The summed E-state index contributed by atoms with van der Waals surface area (Å²) >= 11 is 0. The molecule has 4 heteroatoms. The molecule has 1 fully saturated rings. The molecule has 1 saturated carbocycles. The molecule has 74 valence electrons. The predicted molar refractivity (Wildman–Crippen MR) is 44.9 cm³/mol. The summed E-state index contributed by atoms with van der Waals surface area (Å²) in [5, 5.41) is 9.41. The highest BCUT2D eigenvalue weighted by molar-refractivity contribution is 5.90. The second kappa shape index (κ2) is 3.87. The highest BCUT2D eigenvalue weighted by Crippen LogP contribution is 2.29. The number of rotatable bonds is 2. The molecule has 3 unspecified atom stereocenters. The summed E-state index contributed by atoms with van der Waals surface area (Å²) in [6.07, 6.45) is 0.0517. The van der Waals surface area contributed by atoms with E-state index < -0.39 is 18.0 Å². The molecule has 1 rings (SSSR count). The zero-order chi connectivity index (χ0) is 10.0. The van der Waals surface area contributed by atoms with Crippen LogP contribution in [0.5, 0.6) is 0 Å². The van der Waals surface area contributed by atoms with E-state index in [0.29, 0.717) is 6.42 Å². The van der Waals surface area contributed by atoms with E-state index in [9.17, 15) is 14.7 Å². The van der Waals surface area contributed by atoms with Gasteiger partial charge in [0.05, 0.1) is 13.0 Å². The third-order valence-electron chi connectivity index (χ3n) is 2.59. The van der Waals surface area contributed by atoms with Gasteiger partial charge in [0, 0.05) is 5.92 Å². The van der Waals surface area contributed by atoms with E-state index in [-0.39, 0.29) is 11.7 Å². The molecule has 4 nitrogen and oxygen atoms in total. The maximum absolute atomic E-state index is 11.4. The van der Waals surface area contributed by atoms with E-state index >= 15 is 0 Å². The first-order valence-corrected chi connectivity index (χ1v) is 4.37. The van der Waals surface area contributed by atoms with Crippen LogP contribution in [-0.2, 0) is 14.3 Å². The van der Waals surface area contributed by atoms with Crippen molar-refractivity contribution in [2.24, 2.45) is 11.8 Å². The van der Waals surface area contributed by atoms with Crippen LogP contribution >= 0.6 is 0 Å². The smallest absolute Gasteiger partial charge is 0.335 e. The van der Waals surface area contributed by atoms with E-state index in [0.717, 1.165) is 6.42 Å². The Morgan fingerprint density at radius 1 is 1.62 bits per heavy atom. The summed E-state index contributed by atoms with van der Waals surface area (Å²) in [5.74, 6) is -1.34. The fourth-order valence-corrected chi connectivity index (χ4v) is 1.68. The average molecular weight is 186 g/mol. The molecule has 0 aromatic rings. The Morgan fingerprint density at radius 3 is 2.62 bits per heavy atom. The molecule has 0 heterocycles. The van der Waals surface area contributed by atoms with Crippen LogP contribution in [0.25, 0.3) is 0 Å². The van der Waals surface area contributed by atoms with E-state index in [4.69, 9.17) is 0 Å². The summed E-state index contributed by atoms with van der Waals surface area (Å²) in [6.45, 7) is 1.81. The number of methoxy groups -OCH3 is 1. The van der Waals surface area contributed by atoms with E-state index in [1.807, 2.05) is 6.92 Å². The van der Waals surface area contributed by atoms with Crippen molar-refractivity contribution < 1.29 is 19.4 Å². The summed E-state index contributed by atoms with van der Waals surface area (Å²) in [4.78, 5) is 22.3. The van der Waals surface area contributed by atoms with E-state index in [1.165, 1.54) is 7.11 Å². The predicted octanol–water partition coefficient (Wildman–Crippen LogP) is 0.135. The summed E-state index contributed by atoms with van der Waals surface area (Å²) in [5.41, 5.74) is 0. The van der Waals surface area contributed by atoms with Crippen molar-refractivity contribution in [1.29, 1.82) is 0 Å². The Bertz CT molecular complexity index is 224. The first-order valence-electron chi connectivity index (χ1n) is 4.37. The highest BCUT2D eigenvalue weighted by Gasteiger charge is 2.39. The van der Waals surface area contributed by atoms with Gasteiger partial charge in [-0.2, -0.15) is 0 Å². The third kappa shape index (κ3) is 1.88. The van der Waals surface area contributed by atoms with Crippen LogP contribution in [0, 0.1) is 11.8 Å². The van der Waals surface area contributed by atoms with Crippen LogP contribution in [0.4, 0.5) is 0 Å². The van der Waals surface area contributed by atoms with Gasteiger partial charge in [-0.05, 0) is 12.8 Å². The molecule has 0 amide bonds. The van der Waals surface area contributed by atoms with Gasteiger partial charge in [0.2, 0.25) is 0 Å². The van der Waals surface area contributed by atoms with Crippen molar-refractivity contribution in [2.75, 3.05) is 7.11 Å². The maximum Gasteiger partial charge on any atom is 0.335 e. The third-order valence-corrected chi connectivity index (χ3v) is 2.59. The van der Waals surface area contributed by atoms with Crippen molar-refractivity contribution in [2.45, 2.75) is 25.9 Å². The fraction of sp³-hybridized carbons (Fsp3) is 0.778. The minimum atomic E-state index is -1.28. The molecule has 1 aliphatic carbocycles. The number of aliphatic hydroxyl groups excluding tert-OH is 1. The molecule has 0 aliphatic heterocycles. The number of ketones is 1. The van der Waals surface area contributed by atoms with Gasteiger partial charge in [0.15, 0.2) is 6.10 Å². The Balaban J connectivity index is 2.63. The second-order valence-corrected chi connectivity index (χ2v) is 3.46. The first-order chi connectivity index (χ1) is 6.07. The number of hydrogen-bond acceptors (Lipinski definition) is 4. The SMILES string of the molecule is COC(=O)C(O)C1CCC(C)C1=O. The number of esters is 1. The Hall–Kier alpha value is -0.900. The largest absolute Gasteiger partial charge is 0.467 e. The number of aliphatic hydroxyl groups is 1. The molecule has 0 bridgehead atoms. The van der Waals surface area contributed by atoms with Gasteiger partial charge in [-0.3, -0.25) is 4.79 Å². The van der Waals surface area contributed by atoms with Gasteiger partial charge in [0.25, 0.3) is 0 Å². The molecule has 13 heavy (non-hydrogen) atoms. The van der Waals surface area contributed by atoms with E-state index in [2.05, 4.69) is 4.74 Å².